The summed E-state index contributed by atoms with van der Waals surface area (Å²) in [4.78, 5) is 1.51. The molecule has 0 spiro atoms. The molecule has 0 bridgehead atoms. The van der Waals surface area contributed by atoms with E-state index in [0.29, 0.717) is 6.04 Å². The van der Waals surface area contributed by atoms with Crippen molar-refractivity contribution in [3.05, 3.63) is 22.4 Å². The lowest BCUT2D eigenvalue weighted by atomic mass is 9.91. The molecule has 1 nitrogen and oxygen atoms in total. The van der Waals surface area contributed by atoms with Gasteiger partial charge < -0.3 is 5.32 Å². The zero-order chi connectivity index (χ0) is 13.7. The average Bonchev–Trinajstić information content (AvgIpc) is 3.00. The molecule has 0 fully saturated rings. The molecule has 0 aromatic carbocycles. The molecule has 2 aromatic heterocycles. The molecule has 0 radical (unpaired) electrons. The zero-order valence-electron chi connectivity index (χ0n) is 12.2. The summed E-state index contributed by atoms with van der Waals surface area (Å²) in [7, 11) is 2.10. The summed E-state index contributed by atoms with van der Waals surface area (Å²) >= 11 is 3.82. The Morgan fingerprint density at radius 2 is 2.11 bits per heavy atom. The molecule has 2 atom stereocenters. The summed E-state index contributed by atoms with van der Waals surface area (Å²) in [5.41, 5.74) is 0. The lowest BCUT2D eigenvalue weighted by molar-refractivity contribution is 0.367. The van der Waals surface area contributed by atoms with E-state index in [1.807, 2.05) is 22.7 Å². The van der Waals surface area contributed by atoms with E-state index in [-0.39, 0.29) is 0 Å². The predicted molar refractivity (Wildman–Crippen MR) is 89.4 cm³/mol. The van der Waals surface area contributed by atoms with Crippen LogP contribution in [0.1, 0.15) is 56.9 Å². The molecule has 19 heavy (non-hydrogen) atoms. The number of nitrogens with one attached hydrogen (secondary N) is 1. The molecule has 0 saturated heterocycles. The molecule has 0 amide bonds. The van der Waals surface area contributed by atoms with Crippen molar-refractivity contribution in [2.75, 3.05) is 7.05 Å². The van der Waals surface area contributed by atoms with Crippen LogP contribution in [0.15, 0.2) is 17.5 Å². The van der Waals surface area contributed by atoms with Crippen molar-refractivity contribution < 1.29 is 0 Å². The standard InChI is InChI=1S/C16H25NS2/c1-4-6-7-12(5-2)10-13(17-3)15-11-16-14(19-15)8-9-18-16/h8-9,11-13,17H,4-7,10H2,1-3H3. The molecule has 2 unspecified atom stereocenters. The Labute approximate surface area is 125 Å². The highest BCUT2D eigenvalue weighted by Gasteiger charge is 2.17. The Balaban J connectivity index is 2.04. The van der Waals surface area contributed by atoms with Crippen LogP contribution in [0.3, 0.4) is 0 Å². The fourth-order valence-electron chi connectivity index (χ4n) is 2.65. The average molecular weight is 296 g/mol. The Hall–Kier alpha value is -0.380. The van der Waals surface area contributed by atoms with Crippen LogP contribution in [0.4, 0.5) is 0 Å². The number of rotatable bonds is 8. The molecule has 0 aliphatic rings. The normalized spacial score (nSPS) is 14.9. The van der Waals surface area contributed by atoms with Gasteiger partial charge >= 0.3 is 0 Å². The molecule has 0 aliphatic carbocycles. The van der Waals surface area contributed by atoms with Crippen molar-refractivity contribution >= 4 is 32.1 Å². The fraction of sp³-hybridized carbons (Fsp3) is 0.625. The van der Waals surface area contributed by atoms with Gasteiger partial charge in [0, 0.05) is 20.3 Å². The van der Waals surface area contributed by atoms with Gasteiger partial charge in [-0.3, -0.25) is 0 Å². The molecule has 0 saturated carbocycles. The van der Waals surface area contributed by atoms with Gasteiger partial charge in [0.05, 0.1) is 0 Å². The molecule has 0 aliphatic heterocycles. The van der Waals surface area contributed by atoms with E-state index in [2.05, 4.69) is 43.7 Å². The van der Waals surface area contributed by atoms with Crippen LogP contribution in [0.5, 0.6) is 0 Å². The van der Waals surface area contributed by atoms with Gasteiger partial charge in [-0.1, -0.05) is 39.5 Å². The van der Waals surface area contributed by atoms with Crippen molar-refractivity contribution in [3.8, 4) is 0 Å². The maximum atomic E-state index is 3.53. The fourth-order valence-corrected chi connectivity index (χ4v) is 4.89. The molecule has 106 valence electrons. The second kappa shape index (κ2) is 7.41. The molecule has 2 aromatic rings. The van der Waals surface area contributed by atoms with Gasteiger partial charge in [0.25, 0.3) is 0 Å². The Bertz CT molecular complexity index is 457. The number of unbranched alkanes of at least 4 members (excludes halogenated alkanes) is 1. The van der Waals surface area contributed by atoms with E-state index >= 15 is 0 Å². The van der Waals surface area contributed by atoms with Crippen LogP contribution < -0.4 is 5.32 Å². The van der Waals surface area contributed by atoms with Crippen molar-refractivity contribution in [1.29, 1.82) is 0 Å². The third kappa shape index (κ3) is 3.80. The minimum atomic E-state index is 0.534. The van der Waals surface area contributed by atoms with Crippen LogP contribution in [0.2, 0.25) is 0 Å². The minimum absolute atomic E-state index is 0.534. The van der Waals surface area contributed by atoms with Gasteiger partial charge in [0.1, 0.15) is 0 Å². The van der Waals surface area contributed by atoms with Gasteiger partial charge in [0.2, 0.25) is 0 Å². The van der Waals surface area contributed by atoms with Crippen LogP contribution in [-0.4, -0.2) is 7.05 Å². The highest BCUT2D eigenvalue weighted by molar-refractivity contribution is 7.26. The molecular formula is C16H25NS2. The topological polar surface area (TPSA) is 12.0 Å². The van der Waals surface area contributed by atoms with E-state index in [9.17, 15) is 0 Å². The lowest BCUT2D eigenvalue weighted by Gasteiger charge is -2.21. The molecule has 3 heteroatoms. The summed E-state index contributed by atoms with van der Waals surface area (Å²) in [6.07, 6.45) is 6.65. The second-order valence-corrected chi connectivity index (χ2v) is 7.35. The maximum Gasteiger partial charge on any atom is 0.0454 e. The quantitative estimate of drug-likeness (QED) is 0.646. The van der Waals surface area contributed by atoms with E-state index in [0.717, 1.165) is 5.92 Å². The Morgan fingerprint density at radius 1 is 1.26 bits per heavy atom. The summed E-state index contributed by atoms with van der Waals surface area (Å²) in [6.45, 7) is 4.62. The highest BCUT2D eigenvalue weighted by Crippen LogP contribution is 2.36. The van der Waals surface area contributed by atoms with Gasteiger partial charge in [-0.15, -0.1) is 22.7 Å². The summed E-state index contributed by atoms with van der Waals surface area (Å²) in [5, 5.41) is 5.72. The van der Waals surface area contributed by atoms with Crippen LogP contribution >= 0.6 is 22.7 Å². The SMILES string of the molecule is CCCCC(CC)CC(NC)c1cc2sccc2s1. The Morgan fingerprint density at radius 3 is 2.74 bits per heavy atom. The van der Waals surface area contributed by atoms with E-state index in [4.69, 9.17) is 0 Å². The Kier molecular flexibility index (Phi) is 5.86. The largest absolute Gasteiger partial charge is 0.312 e. The first-order chi connectivity index (χ1) is 9.28. The first-order valence-corrected chi connectivity index (χ1v) is 9.12. The number of hydrogen-bond acceptors (Lipinski definition) is 3. The first-order valence-electron chi connectivity index (χ1n) is 7.42. The smallest absolute Gasteiger partial charge is 0.0454 e. The highest BCUT2D eigenvalue weighted by atomic mass is 32.1. The minimum Gasteiger partial charge on any atom is -0.312 e. The van der Waals surface area contributed by atoms with Gasteiger partial charge in [-0.2, -0.15) is 0 Å². The summed E-state index contributed by atoms with van der Waals surface area (Å²) < 4.78 is 2.89. The number of hydrogen-bond donors (Lipinski definition) is 1. The maximum absolute atomic E-state index is 3.53. The summed E-state index contributed by atoms with van der Waals surface area (Å²) in [6, 6.07) is 5.17. The number of fused-ring (bicyclic) bond motifs is 1. The van der Waals surface area contributed by atoms with Crippen molar-refractivity contribution in [2.45, 2.75) is 52.0 Å². The van der Waals surface area contributed by atoms with Gasteiger partial charge in [0.15, 0.2) is 0 Å². The van der Waals surface area contributed by atoms with Crippen molar-refractivity contribution in [1.82, 2.24) is 5.32 Å². The number of thiophene rings is 2. The van der Waals surface area contributed by atoms with Crippen LogP contribution in [0, 0.1) is 5.92 Å². The van der Waals surface area contributed by atoms with Gasteiger partial charge in [-0.05, 0) is 36.9 Å². The van der Waals surface area contributed by atoms with Crippen molar-refractivity contribution in [2.24, 2.45) is 5.92 Å². The van der Waals surface area contributed by atoms with Crippen LogP contribution in [-0.2, 0) is 0 Å². The zero-order valence-corrected chi connectivity index (χ0v) is 13.9. The predicted octanol–water partition coefficient (Wildman–Crippen LogP) is 5.83. The first kappa shape index (κ1) is 15.0. The summed E-state index contributed by atoms with van der Waals surface area (Å²) in [5.74, 6) is 0.859. The third-order valence-corrected chi connectivity index (χ3v) is 6.17. The molecular weight excluding hydrogens is 270 g/mol. The van der Waals surface area contributed by atoms with Gasteiger partial charge in [-0.25, -0.2) is 0 Å². The third-order valence-electron chi connectivity index (χ3n) is 3.96. The van der Waals surface area contributed by atoms with Crippen LogP contribution in [0.25, 0.3) is 9.40 Å². The van der Waals surface area contributed by atoms with E-state index in [1.165, 1.54) is 46.4 Å². The molecule has 1 N–H and O–H groups in total. The van der Waals surface area contributed by atoms with E-state index < -0.39 is 0 Å². The molecule has 2 rings (SSSR count). The van der Waals surface area contributed by atoms with E-state index in [1.54, 1.807) is 0 Å². The van der Waals surface area contributed by atoms with Crippen molar-refractivity contribution in [3.63, 3.8) is 0 Å². The molecule has 2 heterocycles. The lowest BCUT2D eigenvalue weighted by Crippen LogP contribution is -2.18. The monoisotopic (exact) mass is 295 g/mol. The second-order valence-electron chi connectivity index (χ2n) is 5.29.